The highest BCUT2D eigenvalue weighted by atomic mass is 32.2. The monoisotopic (exact) mass is 282 g/mol. The topological polar surface area (TPSA) is 15.3 Å². The molecule has 1 fully saturated rings. The number of alkyl halides is 1. The Kier molecular flexibility index (Phi) is 6.14. The molecule has 1 atom stereocenters. The van der Waals surface area contributed by atoms with Crippen molar-refractivity contribution in [2.24, 2.45) is 0 Å². The first-order valence-electron chi connectivity index (χ1n) is 7.08. The zero-order valence-electron chi connectivity index (χ0n) is 11.6. The van der Waals surface area contributed by atoms with E-state index in [9.17, 15) is 4.39 Å². The Morgan fingerprint density at radius 2 is 1.95 bits per heavy atom. The number of thioether (sulfide) groups is 1. The van der Waals surface area contributed by atoms with Crippen molar-refractivity contribution in [1.29, 1.82) is 0 Å². The van der Waals surface area contributed by atoms with Crippen LogP contribution in [-0.4, -0.2) is 43.5 Å². The van der Waals surface area contributed by atoms with E-state index in [1.54, 1.807) is 0 Å². The van der Waals surface area contributed by atoms with E-state index in [4.69, 9.17) is 0 Å². The molecule has 0 unspecified atom stereocenters. The molecular formula is C15H23FN2S. The minimum atomic E-state index is -0.250. The molecule has 0 bridgehead atoms. The molecule has 1 heterocycles. The minimum absolute atomic E-state index is 0.229. The maximum absolute atomic E-state index is 12.8. The van der Waals surface area contributed by atoms with Gasteiger partial charge in [0.05, 0.1) is 6.67 Å². The molecule has 1 aliphatic heterocycles. The lowest BCUT2D eigenvalue weighted by molar-refractivity contribution is 0.157. The number of benzene rings is 1. The van der Waals surface area contributed by atoms with Gasteiger partial charge in [-0.1, -0.05) is 19.1 Å². The van der Waals surface area contributed by atoms with Crippen molar-refractivity contribution < 1.29 is 4.39 Å². The molecule has 0 saturated carbocycles. The second kappa shape index (κ2) is 7.88. The fraction of sp³-hybridized carbons (Fsp3) is 0.600. The van der Waals surface area contributed by atoms with Crippen molar-refractivity contribution in [3.8, 4) is 0 Å². The summed E-state index contributed by atoms with van der Waals surface area (Å²) in [5.74, 6) is 1.09. The Balaban J connectivity index is 2.08. The Labute approximate surface area is 119 Å². The van der Waals surface area contributed by atoms with E-state index >= 15 is 0 Å². The van der Waals surface area contributed by atoms with Gasteiger partial charge >= 0.3 is 0 Å². The van der Waals surface area contributed by atoms with Crippen molar-refractivity contribution in [1.82, 2.24) is 10.2 Å². The average molecular weight is 282 g/mol. The number of hydrogen-bond acceptors (Lipinski definition) is 3. The van der Waals surface area contributed by atoms with Crippen molar-refractivity contribution in [3.05, 3.63) is 29.8 Å². The molecule has 1 aromatic rings. The third kappa shape index (κ3) is 4.20. The van der Waals surface area contributed by atoms with Gasteiger partial charge in [0.2, 0.25) is 0 Å². The van der Waals surface area contributed by atoms with E-state index in [1.165, 1.54) is 10.5 Å². The molecule has 19 heavy (non-hydrogen) atoms. The van der Waals surface area contributed by atoms with Crippen LogP contribution in [0.15, 0.2) is 29.2 Å². The molecule has 0 aromatic heterocycles. The van der Waals surface area contributed by atoms with E-state index in [2.05, 4.69) is 41.4 Å². The van der Waals surface area contributed by atoms with Gasteiger partial charge in [-0.3, -0.25) is 9.29 Å². The van der Waals surface area contributed by atoms with Gasteiger partial charge in [-0.2, -0.15) is 0 Å². The molecule has 0 spiro atoms. The summed E-state index contributed by atoms with van der Waals surface area (Å²) in [5.41, 5.74) is 1.25. The van der Waals surface area contributed by atoms with Crippen LogP contribution in [0.5, 0.6) is 0 Å². The standard InChI is InChI=1S/C15H23FN2S/c1-2-19-14-5-3-13(4-6-14)15(7-8-16)18-11-9-17-10-12-18/h3-6,15,17H,2,7-12H2,1H3/t15-/m1/s1. The normalized spacial score (nSPS) is 18.4. The molecule has 0 radical (unpaired) electrons. The van der Waals surface area contributed by atoms with Crippen molar-refractivity contribution in [2.75, 3.05) is 38.6 Å². The summed E-state index contributed by atoms with van der Waals surface area (Å²) in [6.07, 6.45) is 0.597. The SMILES string of the molecule is CCSc1ccc([C@@H](CCF)N2CCNCC2)cc1. The first kappa shape index (κ1) is 14.8. The van der Waals surface area contributed by atoms with Crippen LogP contribution < -0.4 is 5.32 Å². The predicted octanol–water partition coefficient (Wildman–Crippen LogP) is 3.10. The third-order valence-electron chi connectivity index (χ3n) is 3.55. The zero-order valence-corrected chi connectivity index (χ0v) is 12.4. The van der Waals surface area contributed by atoms with Crippen LogP contribution in [-0.2, 0) is 0 Å². The number of nitrogens with one attached hydrogen (secondary N) is 1. The quantitative estimate of drug-likeness (QED) is 0.807. The summed E-state index contributed by atoms with van der Waals surface area (Å²) in [5, 5.41) is 3.35. The van der Waals surface area contributed by atoms with Gasteiger partial charge in [0.1, 0.15) is 0 Å². The number of halogens is 1. The van der Waals surface area contributed by atoms with Gasteiger partial charge in [0, 0.05) is 37.1 Å². The lowest BCUT2D eigenvalue weighted by Gasteiger charge is -2.35. The number of nitrogens with zero attached hydrogens (tertiary/aromatic N) is 1. The number of piperazine rings is 1. The van der Waals surface area contributed by atoms with Crippen molar-refractivity contribution >= 4 is 11.8 Å². The van der Waals surface area contributed by atoms with Crippen LogP contribution in [0.3, 0.4) is 0 Å². The van der Waals surface area contributed by atoms with Gasteiger partial charge < -0.3 is 5.32 Å². The molecule has 1 aromatic carbocycles. The maximum atomic E-state index is 12.8. The van der Waals surface area contributed by atoms with Crippen LogP contribution >= 0.6 is 11.8 Å². The molecule has 2 rings (SSSR count). The second-order valence-electron chi connectivity index (χ2n) is 4.78. The largest absolute Gasteiger partial charge is 0.314 e. The molecule has 0 aliphatic carbocycles. The Hall–Kier alpha value is -0.580. The highest BCUT2D eigenvalue weighted by molar-refractivity contribution is 7.99. The predicted molar refractivity (Wildman–Crippen MR) is 80.6 cm³/mol. The fourth-order valence-corrected chi connectivity index (χ4v) is 3.27. The smallest absolute Gasteiger partial charge is 0.0912 e. The summed E-state index contributed by atoms with van der Waals surface area (Å²) >= 11 is 1.85. The van der Waals surface area contributed by atoms with Crippen LogP contribution in [0.4, 0.5) is 4.39 Å². The second-order valence-corrected chi connectivity index (χ2v) is 6.12. The van der Waals surface area contributed by atoms with Crippen molar-refractivity contribution in [3.63, 3.8) is 0 Å². The molecule has 0 amide bonds. The van der Waals surface area contributed by atoms with Gasteiger partial charge in [-0.25, -0.2) is 0 Å². The number of rotatable bonds is 6. The van der Waals surface area contributed by atoms with Crippen LogP contribution in [0, 0.1) is 0 Å². The van der Waals surface area contributed by atoms with E-state index < -0.39 is 0 Å². The van der Waals surface area contributed by atoms with Crippen LogP contribution in [0.25, 0.3) is 0 Å². The Morgan fingerprint density at radius 3 is 2.53 bits per heavy atom. The zero-order chi connectivity index (χ0) is 13.5. The Bertz CT molecular complexity index is 363. The number of hydrogen-bond donors (Lipinski definition) is 1. The summed E-state index contributed by atoms with van der Waals surface area (Å²) in [7, 11) is 0. The van der Waals surface area contributed by atoms with E-state index in [0.29, 0.717) is 6.42 Å². The summed E-state index contributed by atoms with van der Waals surface area (Å²) in [6.45, 7) is 5.94. The maximum Gasteiger partial charge on any atom is 0.0912 e. The highest BCUT2D eigenvalue weighted by Gasteiger charge is 2.21. The molecule has 106 valence electrons. The van der Waals surface area contributed by atoms with E-state index in [1.807, 2.05) is 11.8 Å². The first-order valence-corrected chi connectivity index (χ1v) is 8.07. The molecule has 1 aliphatic rings. The van der Waals surface area contributed by atoms with Crippen LogP contribution in [0.1, 0.15) is 24.9 Å². The molecule has 2 nitrogen and oxygen atoms in total. The van der Waals surface area contributed by atoms with Crippen molar-refractivity contribution in [2.45, 2.75) is 24.3 Å². The van der Waals surface area contributed by atoms with E-state index in [-0.39, 0.29) is 12.7 Å². The highest BCUT2D eigenvalue weighted by Crippen LogP contribution is 2.27. The molecule has 1 N–H and O–H groups in total. The lowest BCUT2D eigenvalue weighted by atomic mass is 10.0. The minimum Gasteiger partial charge on any atom is -0.314 e. The van der Waals surface area contributed by atoms with Crippen LogP contribution in [0.2, 0.25) is 0 Å². The molecule has 4 heteroatoms. The van der Waals surface area contributed by atoms with Gasteiger partial charge in [0.15, 0.2) is 0 Å². The summed E-state index contributed by atoms with van der Waals surface area (Å²) < 4.78 is 12.8. The van der Waals surface area contributed by atoms with Gasteiger partial charge in [-0.15, -0.1) is 11.8 Å². The molecular weight excluding hydrogens is 259 g/mol. The van der Waals surface area contributed by atoms with Gasteiger partial charge in [-0.05, 0) is 29.9 Å². The fourth-order valence-electron chi connectivity index (χ4n) is 2.61. The third-order valence-corrected chi connectivity index (χ3v) is 4.44. The summed E-state index contributed by atoms with van der Waals surface area (Å²) in [6, 6.07) is 8.89. The first-order chi connectivity index (χ1) is 9.35. The van der Waals surface area contributed by atoms with Gasteiger partial charge in [0.25, 0.3) is 0 Å². The molecule has 1 saturated heterocycles. The lowest BCUT2D eigenvalue weighted by Crippen LogP contribution is -2.45. The van der Waals surface area contributed by atoms with E-state index in [0.717, 1.165) is 31.9 Å². The Morgan fingerprint density at radius 1 is 1.26 bits per heavy atom. The average Bonchev–Trinajstić information content (AvgIpc) is 2.47. The summed E-state index contributed by atoms with van der Waals surface area (Å²) in [4.78, 5) is 3.70.